The van der Waals surface area contributed by atoms with Gasteiger partial charge in [0.2, 0.25) is 11.8 Å². The van der Waals surface area contributed by atoms with E-state index >= 15 is 0 Å². The van der Waals surface area contributed by atoms with E-state index in [1.165, 1.54) is 25.7 Å². The van der Waals surface area contributed by atoms with Crippen LogP contribution in [0.2, 0.25) is 0 Å². The first-order valence-electron chi connectivity index (χ1n) is 10.1. The lowest BCUT2D eigenvalue weighted by Gasteiger charge is -2.49. The van der Waals surface area contributed by atoms with Crippen molar-refractivity contribution in [3.05, 3.63) is 18.7 Å². The number of likely N-dealkylation sites (tertiary alicyclic amines) is 2. The summed E-state index contributed by atoms with van der Waals surface area (Å²) >= 11 is 0. The number of rotatable bonds is 3. The van der Waals surface area contributed by atoms with Crippen LogP contribution >= 0.6 is 0 Å². The van der Waals surface area contributed by atoms with Crippen LogP contribution in [0.25, 0.3) is 0 Å². The van der Waals surface area contributed by atoms with E-state index < -0.39 is 0 Å². The molecule has 1 aliphatic carbocycles. The molecule has 3 fully saturated rings. The Morgan fingerprint density at radius 2 is 1.96 bits per heavy atom. The third-order valence-corrected chi connectivity index (χ3v) is 6.93. The van der Waals surface area contributed by atoms with Crippen molar-refractivity contribution in [2.24, 2.45) is 5.41 Å². The molecule has 2 aliphatic heterocycles. The Labute approximate surface area is 155 Å². The number of carbonyl (C=O) groups excluding carboxylic acids is 2. The quantitative estimate of drug-likeness (QED) is 0.834. The van der Waals surface area contributed by atoms with Crippen LogP contribution in [-0.4, -0.2) is 56.8 Å². The lowest BCUT2D eigenvalue weighted by Crippen LogP contribution is -2.55. The Morgan fingerprint density at radius 1 is 1.23 bits per heavy atom. The molecule has 4 rings (SSSR count). The molecule has 26 heavy (non-hydrogen) atoms. The summed E-state index contributed by atoms with van der Waals surface area (Å²) in [6.07, 6.45) is 13.9. The average Bonchev–Trinajstić information content (AvgIpc) is 3.37. The zero-order valence-corrected chi connectivity index (χ0v) is 15.8. The second kappa shape index (κ2) is 7.05. The van der Waals surface area contributed by atoms with Crippen molar-refractivity contribution in [3.8, 4) is 0 Å². The third-order valence-electron chi connectivity index (χ3n) is 6.93. The summed E-state index contributed by atoms with van der Waals surface area (Å²) in [6.45, 7) is 4.47. The van der Waals surface area contributed by atoms with Gasteiger partial charge >= 0.3 is 0 Å². The van der Waals surface area contributed by atoms with Gasteiger partial charge in [-0.15, -0.1) is 0 Å². The molecule has 3 heterocycles. The fraction of sp³-hybridized carbons (Fsp3) is 0.750. The van der Waals surface area contributed by atoms with Crippen molar-refractivity contribution in [3.63, 3.8) is 0 Å². The summed E-state index contributed by atoms with van der Waals surface area (Å²) in [5.41, 5.74) is 0.228. The second-order valence-corrected chi connectivity index (χ2v) is 8.47. The Morgan fingerprint density at radius 3 is 2.62 bits per heavy atom. The van der Waals surface area contributed by atoms with Crippen molar-refractivity contribution in [1.82, 2.24) is 19.4 Å². The van der Waals surface area contributed by atoms with Crippen LogP contribution in [0.4, 0.5) is 0 Å². The third kappa shape index (κ3) is 3.26. The Balaban J connectivity index is 1.38. The number of imidazole rings is 1. The van der Waals surface area contributed by atoms with E-state index in [9.17, 15) is 9.59 Å². The highest BCUT2D eigenvalue weighted by Gasteiger charge is 2.44. The minimum atomic E-state index is -0.200. The van der Waals surface area contributed by atoms with Gasteiger partial charge in [0.1, 0.15) is 6.04 Å². The molecule has 0 N–H and O–H groups in total. The maximum atomic E-state index is 12.8. The second-order valence-electron chi connectivity index (χ2n) is 8.47. The average molecular weight is 358 g/mol. The van der Waals surface area contributed by atoms with Gasteiger partial charge in [-0.05, 0) is 44.4 Å². The molecular weight excluding hydrogens is 328 g/mol. The summed E-state index contributed by atoms with van der Waals surface area (Å²) in [7, 11) is 0. The molecule has 1 aromatic heterocycles. The fourth-order valence-corrected chi connectivity index (χ4v) is 5.09. The molecule has 1 spiro atoms. The number of hydrogen-bond acceptors (Lipinski definition) is 3. The summed E-state index contributed by atoms with van der Waals surface area (Å²) in [5.74, 6) is 0.534. The monoisotopic (exact) mass is 358 g/mol. The summed E-state index contributed by atoms with van der Waals surface area (Å²) in [6, 6.07) is 0.273. The van der Waals surface area contributed by atoms with Crippen molar-refractivity contribution >= 4 is 11.8 Å². The largest absolute Gasteiger partial charge is 0.341 e. The van der Waals surface area contributed by atoms with E-state index in [-0.39, 0.29) is 17.4 Å². The zero-order valence-electron chi connectivity index (χ0n) is 15.8. The molecular formula is C20H30N4O2. The summed E-state index contributed by atoms with van der Waals surface area (Å²) < 4.78 is 1.87. The van der Waals surface area contributed by atoms with Crippen LogP contribution in [0, 0.1) is 5.41 Å². The molecule has 0 unspecified atom stereocenters. The van der Waals surface area contributed by atoms with E-state index in [2.05, 4.69) is 9.88 Å². The van der Waals surface area contributed by atoms with Crippen molar-refractivity contribution in [2.45, 2.75) is 70.4 Å². The lowest BCUT2D eigenvalue weighted by atomic mass is 9.72. The van der Waals surface area contributed by atoms with Gasteiger partial charge in [0.25, 0.3) is 0 Å². The highest BCUT2D eigenvalue weighted by molar-refractivity contribution is 5.80. The molecule has 1 aromatic rings. The molecule has 2 saturated heterocycles. The van der Waals surface area contributed by atoms with Crippen molar-refractivity contribution in [1.29, 1.82) is 0 Å². The van der Waals surface area contributed by atoms with Crippen LogP contribution < -0.4 is 0 Å². The number of nitrogens with zero attached hydrogens (tertiary/aromatic N) is 4. The first kappa shape index (κ1) is 17.6. The molecule has 3 aliphatic rings. The van der Waals surface area contributed by atoms with Gasteiger partial charge in [-0.3, -0.25) is 9.59 Å². The van der Waals surface area contributed by atoms with Crippen LogP contribution in [0.5, 0.6) is 0 Å². The molecule has 1 saturated carbocycles. The zero-order chi connectivity index (χ0) is 18.1. The number of aromatic nitrogens is 2. The van der Waals surface area contributed by atoms with Gasteiger partial charge in [-0.2, -0.15) is 0 Å². The Kier molecular flexibility index (Phi) is 4.76. The number of hydrogen-bond donors (Lipinski definition) is 0. The van der Waals surface area contributed by atoms with Crippen molar-refractivity contribution < 1.29 is 9.59 Å². The Hall–Kier alpha value is -1.85. The smallest absolute Gasteiger partial charge is 0.245 e. The number of amides is 2. The van der Waals surface area contributed by atoms with Crippen LogP contribution in [-0.2, 0) is 9.59 Å². The van der Waals surface area contributed by atoms with Gasteiger partial charge in [-0.1, -0.05) is 12.8 Å². The molecule has 0 radical (unpaired) electrons. The van der Waals surface area contributed by atoms with E-state index in [0.717, 1.165) is 38.9 Å². The first-order valence-corrected chi connectivity index (χ1v) is 10.1. The first-order chi connectivity index (χ1) is 12.6. The SMILES string of the molecule is C[C@H](C(=O)N1CCC2(CCC(=O)N(C3CCCC3)C2)CC1)n1ccnc1. The van der Waals surface area contributed by atoms with Gasteiger partial charge in [0.15, 0.2) is 0 Å². The molecule has 0 bridgehead atoms. The van der Waals surface area contributed by atoms with E-state index in [0.29, 0.717) is 18.4 Å². The van der Waals surface area contributed by atoms with Crippen LogP contribution in [0.15, 0.2) is 18.7 Å². The number of piperidine rings is 2. The molecule has 0 aromatic carbocycles. The molecule has 2 amide bonds. The van der Waals surface area contributed by atoms with Crippen LogP contribution in [0.3, 0.4) is 0 Å². The minimum absolute atomic E-state index is 0.178. The van der Waals surface area contributed by atoms with Crippen LogP contribution in [0.1, 0.15) is 64.3 Å². The maximum absolute atomic E-state index is 12.8. The van der Waals surface area contributed by atoms with Crippen molar-refractivity contribution in [2.75, 3.05) is 19.6 Å². The predicted octanol–water partition coefficient (Wildman–Crippen LogP) is 2.62. The fourth-order valence-electron chi connectivity index (χ4n) is 5.09. The molecule has 1 atom stereocenters. The summed E-state index contributed by atoms with van der Waals surface area (Å²) in [5, 5.41) is 0. The highest BCUT2D eigenvalue weighted by atomic mass is 16.2. The minimum Gasteiger partial charge on any atom is -0.341 e. The van der Waals surface area contributed by atoms with E-state index in [1.54, 1.807) is 12.5 Å². The van der Waals surface area contributed by atoms with E-state index in [1.807, 2.05) is 22.6 Å². The van der Waals surface area contributed by atoms with E-state index in [4.69, 9.17) is 0 Å². The standard InChI is InChI=1S/C20H30N4O2/c1-16(23-13-10-21-15-23)19(26)22-11-8-20(9-12-22)7-6-18(25)24(14-20)17-4-2-3-5-17/h10,13,15-17H,2-9,11-12,14H2,1H3/t16-/m1/s1. The maximum Gasteiger partial charge on any atom is 0.245 e. The molecule has 6 nitrogen and oxygen atoms in total. The summed E-state index contributed by atoms with van der Waals surface area (Å²) in [4.78, 5) is 33.5. The van der Waals surface area contributed by atoms with Gasteiger partial charge in [-0.25, -0.2) is 4.98 Å². The highest BCUT2D eigenvalue weighted by Crippen LogP contribution is 2.42. The molecule has 142 valence electrons. The normalized spacial score (nSPS) is 25.0. The predicted molar refractivity (Wildman–Crippen MR) is 98.4 cm³/mol. The Bertz CT molecular complexity index is 643. The van der Waals surface area contributed by atoms with Gasteiger partial charge in [0, 0.05) is 44.5 Å². The molecule has 6 heteroatoms. The van der Waals surface area contributed by atoms with Gasteiger partial charge < -0.3 is 14.4 Å². The topological polar surface area (TPSA) is 58.4 Å². The number of carbonyl (C=O) groups is 2. The lowest BCUT2D eigenvalue weighted by molar-refractivity contribution is -0.145. The van der Waals surface area contributed by atoms with Gasteiger partial charge in [0.05, 0.1) is 6.33 Å².